The zero-order chi connectivity index (χ0) is 12.4. The van der Waals surface area contributed by atoms with Gasteiger partial charge in [0.15, 0.2) is 0 Å². The molecule has 0 saturated carbocycles. The first-order chi connectivity index (χ1) is 8.17. The summed E-state index contributed by atoms with van der Waals surface area (Å²) in [4.78, 5) is 0. The lowest BCUT2D eigenvalue weighted by atomic mass is 10.1. The van der Waals surface area contributed by atoms with Gasteiger partial charge in [-0.2, -0.15) is 0 Å². The second-order valence-electron chi connectivity index (χ2n) is 3.61. The third-order valence-corrected chi connectivity index (χ3v) is 2.52. The Morgan fingerprint density at radius 1 is 1.24 bits per heavy atom. The van der Waals surface area contributed by atoms with Gasteiger partial charge in [0.2, 0.25) is 5.88 Å². The number of nitrogen functional groups attached to an aromatic ring is 1. The monoisotopic (exact) mass is 234 g/mol. The Hall–Kier alpha value is -2.17. The van der Waals surface area contributed by atoms with E-state index in [2.05, 4.69) is 5.16 Å². The van der Waals surface area contributed by atoms with Crippen LogP contribution in [0.1, 0.15) is 5.56 Å². The molecule has 5 heteroatoms. The van der Waals surface area contributed by atoms with Crippen molar-refractivity contribution in [3.8, 4) is 22.8 Å². The maximum absolute atomic E-state index is 5.53. The molecule has 0 aliphatic carbocycles. The number of hydrogen-bond acceptors (Lipinski definition) is 5. The van der Waals surface area contributed by atoms with Gasteiger partial charge in [0.1, 0.15) is 17.2 Å². The molecular weight excluding hydrogens is 220 g/mol. The van der Waals surface area contributed by atoms with E-state index in [4.69, 9.17) is 19.7 Å². The van der Waals surface area contributed by atoms with Crippen molar-refractivity contribution in [3.05, 3.63) is 23.8 Å². The normalized spacial score (nSPS) is 10.3. The molecule has 2 N–H and O–H groups in total. The van der Waals surface area contributed by atoms with E-state index in [1.165, 1.54) is 0 Å². The summed E-state index contributed by atoms with van der Waals surface area (Å²) in [7, 11) is 3.20. The van der Waals surface area contributed by atoms with Crippen molar-refractivity contribution in [3.63, 3.8) is 0 Å². The van der Waals surface area contributed by atoms with Gasteiger partial charge >= 0.3 is 0 Å². The van der Waals surface area contributed by atoms with E-state index in [1.54, 1.807) is 20.3 Å². The summed E-state index contributed by atoms with van der Waals surface area (Å²) in [5.74, 6) is 1.63. The van der Waals surface area contributed by atoms with Crippen molar-refractivity contribution < 1.29 is 14.0 Å². The first-order valence-electron chi connectivity index (χ1n) is 5.11. The van der Waals surface area contributed by atoms with Gasteiger partial charge in [-0.25, -0.2) is 0 Å². The lowest BCUT2D eigenvalue weighted by Gasteiger charge is -2.13. The minimum absolute atomic E-state index is 0.255. The number of ether oxygens (including phenoxy) is 2. The van der Waals surface area contributed by atoms with Crippen LogP contribution in [-0.2, 0) is 0 Å². The van der Waals surface area contributed by atoms with Crippen LogP contribution in [0.4, 0.5) is 5.88 Å². The van der Waals surface area contributed by atoms with E-state index in [-0.39, 0.29) is 5.88 Å². The molecule has 0 atom stereocenters. The zero-order valence-electron chi connectivity index (χ0n) is 9.98. The van der Waals surface area contributed by atoms with Gasteiger partial charge in [0, 0.05) is 6.07 Å². The van der Waals surface area contributed by atoms with Gasteiger partial charge in [-0.1, -0.05) is 11.2 Å². The third kappa shape index (κ3) is 1.91. The molecule has 0 radical (unpaired) electrons. The number of hydrogen-bond donors (Lipinski definition) is 1. The van der Waals surface area contributed by atoms with E-state index in [0.29, 0.717) is 17.2 Å². The number of aromatic nitrogens is 1. The van der Waals surface area contributed by atoms with Crippen LogP contribution >= 0.6 is 0 Å². The summed E-state index contributed by atoms with van der Waals surface area (Å²) in [6, 6.07) is 5.42. The maximum Gasteiger partial charge on any atom is 0.222 e. The molecule has 2 aromatic rings. The topological polar surface area (TPSA) is 70.5 Å². The van der Waals surface area contributed by atoms with Crippen molar-refractivity contribution in [2.45, 2.75) is 6.92 Å². The number of benzene rings is 1. The predicted molar refractivity (Wildman–Crippen MR) is 64.2 cm³/mol. The van der Waals surface area contributed by atoms with Crippen LogP contribution < -0.4 is 15.2 Å². The molecule has 0 fully saturated rings. The lowest BCUT2D eigenvalue weighted by molar-refractivity contribution is 0.393. The molecule has 0 amide bonds. The molecule has 0 spiro atoms. The number of methoxy groups -OCH3 is 2. The lowest BCUT2D eigenvalue weighted by Crippen LogP contribution is -1.95. The quantitative estimate of drug-likeness (QED) is 0.881. The summed E-state index contributed by atoms with van der Waals surface area (Å²) < 4.78 is 15.6. The van der Waals surface area contributed by atoms with Gasteiger partial charge in [-0.05, 0) is 18.6 Å². The molecule has 1 aromatic heterocycles. The minimum Gasteiger partial charge on any atom is -0.496 e. The highest BCUT2D eigenvalue weighted by Crippen LogP contribution is 2.40. The summed E-state index contributed by atoms with van der Waals surface area (Å²) in [5.41, 5.74) is 7.86. The molecule has 2 rings (SSSR count). The first kappa shape index (κ1) is 11.3. The summed E-state index contributed by atoms with van der Waals surface area (Å²) in [6.45, 7) is 1.95. The number of anilines is 1. The highest BCUT2D eigenvalue weighted by Gasteiger charge is 2.18. The molecule has 1 heterocycles. The highest BCUT2D eigenvalue weighted by molar-refractivity contribution is 5.76. The Kier molecular flexibility index (Phi) is 2.91. The molecule has 0 aliphatic rings. The van der Waals surface area contributed by atoms with Gasteiger partial charge < -0.3 is 19.7 Å². The number of nitrogens with two attached hydrogens (primary N) is 1. The number of nitrogens with zero attached hydrogens (tertiary/aromatic N) is 1. The summed E-state index contributed by atoms with van der Waals surface area (Å²) in [5, 5.41) is 3.88. The predicted octanol–water partition coefficient (Wildman–Crippen LogP) is 2.25. The van der Waals surface area contributed by atoms with Gasteiger partial charge in [0.25, 0.3) is 0 Å². The fourth-order valence-electron chi connectivity index (χ4n) is 1.75. The average Bonchev–Trinajstić information content (AvgIpc) is 2.75. The molecule has 17 heavy (non-hydrogen) atoms. The number of aryl methyl sites for hydroxylation is 1. The molecule has 5 nitrogen and oxygen atoms in total. The largest absolute Gasteiger partial charge is 0.496 e. The SMILES string of the molecule is COc1ccc(C)c(OC)c1-c1cc(N)on1. The van der Waals surface area contributed by atoms with Crippen LogP contribution in [-0.4, -0.2) is 19.4 Å². The van der Waals surface area contributed by atoms with Crippen LogP contribution in [0.2, 0.25) is 0 Å². The molecule has 0 unspecified atom stereocenters. The van der Waals surface area contributed by atoms with Crippen molar-refractivity contribution in [2.24, 2.45) is 0 Å². The maximum atomic E-state index is 5.53. The van der Waals surface area contributed by atoms with Crippen LogP contribution in [0.5, 0.6) is 11.5 Å². The molecule has 90 valence electrons. The molecule has 0 bridgehead atoms. The Labute approximate surface area is 99.1 Å². The van der Waals surface area contributed by atoms with Crippen LogP contribution in [0, 0.1) is 6.92 Å². The van der Waals surface area contributed by atoms with Crippen molar-refractivity contribution in [1.82, 2.24) is 5.16 Å². The average molecular weight is 234 g/mol. The van der Waals surface area contributed by atoms with Crippen LogP contribution in [0.15, 0.2) is 22.7 Å². The van der Waals surface area contributed by atoms with E-state index >= 15 is 0 Å². The van der Waals surface area contributed by atoms with E-state index in [0.717, 1.165) is 11.1 Å². The van der Waals surface area contributed by atoms with Gasteiger partial charge in [0.05, 0.1) is 19.8 Å². The van der Waals surface area contributed by atoms with Crippen molar-refractivity contribution in [2.75, 3.05) is 20.0 Å². The Morgan fingerprint density at radius 3 is 2.53 bits per heavy atom. The first-order valence-corrected chi connectivity index (χ1v) is 5.11. The molecular formula is C12H14N2O3. The van der Waals surface area contributed by atoms with E-state index in [9.17, 15) is 0 Å². The standard InChI is InChI=1S/C12H14N2O3/c1-7-4-5-9(15-2)11(12(7)16-3)8-6-10(13)17-14-8/h4-6H,13H2,1-3H3. The van der Waals surface area contributed by atoms with E-state index < -0.39 is 0 Å². The summed E-state index contributed by atoms with van der Waals surface area (Å²) in [6.07, 6.45) is 0. The number of rotatable bonds is 3. The van der Waals surface area contributed by atoms with Gasteiger partial charge in [-0.3, -0.25) is 0 Å². The minimum atomic E-state index is 0.255. The van der Waals surface area contributed by atoms with Gasteiger partial charge in [-0.15, -0.1) is 0 Å². The zero-order valence-corrected chi connectivity index (χ0v) is 9.98. The van der Waals surface area contributed by atoms with Crippen molar-refractivity contribution in [1.29, 1.82) is 0 Å². The fraction of sp³-hybridized carbons (Fsp3) is 0.250. The summed E-state index contributed by atoms with van der Waals surface area (Å²) >= 11 is 0. The second kappa shape index (κ2) is 4.37. The smallest absolute Gasteiger partial charge is 0.222 e. The fourth-order valence-corrected chi connectivity index (χ4v) is 1.75. The van der Waals surface area contributed by atoms with E-state index in [1.807, 2.05) is 19.1 Å². The Balaban J connectivity index is 2.68. The van der Waals surface area contributed by atoms with Crippen molar-refractivity contribution >= 4 is 5.88 Å². The Morgan fingerprint density at radius 2 is 2.00 bits per heavy atom. The van der Waals surface area contributed by atoms with Crippen LogP contribution in [0.25, 0.3) is 11.3 Å². The van der Waals surface area contributed by atoms with Crippen LogP contribution in [0.3, 0.4) is 0 Å². The molecule has 0 aliphatic heterocycles. The third-order valence-electron chi connectivity index (χ3n) is 2.52. The Bertz CT molecular complexity index is 535. The second-order valence-corrected chi connectivity index (χ2v) is 3.61. The highest BCUT2D eigenvalue weighted by atomic mass is 16.5. The molecule has 0 saturated heterocycles. The molecule has 1 aromatic carbocycles.